The zero-order valence-corrected chi connectivity index (χ0v) is 15.2. The van der Waals surface area contributed by atoms with E-state index < -0.39 is 11.7 Å². The van der Waals surface area contributed by atoms with Crippen LogP contribution in [0, 0.1) is 6.92 Å². The molecule has 0 radical (unpaired) electrons. The van der Waals surface area contributed by atoms with E-state index in [1.54, 1.807) is 37.3 Å². The lowest BCUT2D eigenvalue weighted by Gasteiger charge is -2.18. The third kappa shape index (κ3) is 4.27. The Morgan fingerprint density at radius 2 is 1.93 bits per heavy atom. The highest BCUT2D eigenvalue weighted by Gasteiger charge is 2.35. The summed E-state index contributed by atoms with van der Waals surface area (Å²) in [6.07, 6.45) is -2.71. The van der Waals surface area contributed by atoms with Gasteiger partial charge in [0, 0.05) is 17.6 Å². The SMILES string of the molecule is CSNc1cccc(-c2c(C)cc(Nc3nc(N)no3)cc2C(F)(F)F)c1. The largest absolute Gasteiger partial charge is 0.417 e. The number of nitrogen functional groups attached to an aromatic ring is 1. The average molecular weight is 395 g/mol. The van der Waals surface area contributed by atoms with E-state index in [1.165, 1.54) is 11.9 Å². The Labute approximate surface area is 157 Å². The Morgan fingerprint density at radius 3 is 2.56 bits per heavy atom. The smallest absolute Gasteiger partial charge is 0.365 e. The van der Waals surface area contributed by atoms with Gasteiger partial charge >= 0.3 is 12.2 Å². The molecule has 142 valence electrons. The molecule has 27 heavy (non-hydrogen) atoms. The van der Waals surface area contributed by atoms with Crippen LogP contribution in [-0.2, 0) is 6.18 Å². The highest BCUT2D eigenvalue weighted by molar-refractivity contribution is 7.99. The van der Waals surface area contributed by atoms with Gasteiger partial charge in [0.15, 0.2) is 0 Å². The van der Waals surface area contributed by atoms with Crippen molar-refractivity contribution in [2.45, 2.75) is 13.1 Å². The zero-order chi connectivity index (χ0) is 19.6. The summed E-state index contributed by atoms with van der Waals surface area (Å²) in [5.41, 5.74) is 6.51. The second-order valence-electron chi connectivity index (χ2n) is 5.68. The number of rotatable bonds is 5. The molecule has 0 atom stereocenters. The number of halogens is 3. The lowest BCUT2D eigenvalue weighted by Crippen LogP contribution is -2.09. The number of nitrogens with zero attached hydrogens (tertiary/aromatic N) is 2. The van der Waals surface area contributed by atoms with Crippen LogP contribution >= 0.6 is 11.9 Å². The van der Waals surface area contributed by atoms with Crippen molar-refractivity contribution in [2.75, 3.05) is 22.0 Å². The second kappa shape index (κ2) is 7.39. The highest BCUT2D eigenvalue weighted by atomic mass is 32.2. The van der Waals surface area contributed by atoms with Gasteiger partial charge in [0.05, 0.1) is 5.56 Å². The molecule has 10 heteroatoms. The number of benzene rings is 2. The van der Waals surface area contributed by atoms with Crippen LogP contribution in [0.4, 0.5) is 36.5 Å². The minimum Gasteiger partial charge on any atom is -0.365 e. The Bertz CT molecular complexity index is 958. The number of anilines is 4. The van der Waals surface area contributed by atoms with Crippen molar-refractivity contribution >= 4 is 35.3 Å². The first-order chi connectivity index (χ1) is 12.8. The fourth-order valence-corrected chi connectivity index (χ4v) is 3.09. The van der Waals surface area contributed by atoms with Crippen LogP contribution in [0.2, 0.25) is 0 Å². The summed E-state index contributed by atoms with van der Waals surface area (Å²) in [7, 11) is 0. The minimum atomic E-state index is -4.55. The third-order valence-corrected chi connectivity index (χ3v) is 4.14. The van der Waals surface area contributed by atoms with E-state index in [-0.39, 0.29) is 23.2 Å². The molecule has 0 saturated heterocycles. The van der Waals surface area contributed by atoms with Crippen molar-refractivity contribution in [3.8, 4) is 11.1 Å². The van der Waals surface area contributed by atoms with Gasteiger partial charge in [-0.05, 0) is 53.0 Å². The molecular formula is C17H16F3N5OS. The average Bonchev–Trinajstić information content (AvgIpc) is 2.99. The molecule has 0 amide bonds. The predicted octanol–water partition coefficient (Wildman–Crippen LogP) is 5.08. The van der Waals surface area contributed by atoms with Crippen molar-refractivity contribution in [1.29, 1.82) is 0 Å². The molecule has 0 spiro atoms. The minimum absolute atomic E-state index is 0.0843. The molecule has 0 unspecified atom stereocenters. The molecule has 3 aromatic rings. The predicted molar refractivity (Wildman–Crippen MR) is 101 cm³/mol. The van der Waals surface area contributed by atoms with Gasteiger partial charge in [-0.15, -0.1) is 0 Å². The van der Waals surface area contributed by atoms with E-state index in [0.29, 0.717) is 11.1 Å². The number of aromatic nitrogens is 2. The first-order valence-electron chi connectivity index (χ1n) is 7.75. The summed E-state index contributed by atoms with van der Waals surface area (Å²) in [5.74, 6) is -0.111. The maximum absolute atomic E-state index is 13.8. The maximum Gasteiger partial charge on any atom is 0.417 e. The first-order valence-corrected chi connectivity index (χ1v) is 8.98. The van der Waals surface area contributed by atoms with Gasteiger partial charge in [-0.1, -0.05) is 24.1 Å². The molecule has 0 aliphatic carbocycles. The van der Waals surface area contributed by atoms with Crippen LogP contribution in [0.25, 0.3) is 11.1 Å². The van der Waals surface area contributed by atoms with E-state index in [2.05, 4.69) is 20.2 Å². The van der Waals surface area contributed by atoms with Gasteiger partial charge in [-0.2, -0.15) is 18.2 Å². The van der Waals surface area contributed by atoms with Gasteiger partial charge in [-0.3, -0.25) is 0 Å². The second-order valence-corrected chi connectivity index (χ2v) is 6.30. The van der Waals surface area contributed by atoms with Crippen molar-refractivity contribution in [3.05, 3.63) is 47.5 Å². The molecule has 0 fully saturated rings. The van der Waals surface area contributed by atoms with Crippen LogP contribution in [0.1, 0.15) is 11.1 Å². The summed E-state index contributed by atoms with van der Waals surface area (Å²) in [4.78, 5) is 3.74. The molecule has 1 aromatic heterocycles. The first kappa shape index (κ1) is 18.9. The molecule has 0 bridgehead atoms. The summed E-state index contributed by atoms with van der Waals surface area (Å²) in [6, 6.07) is 9.34. The normalized spacial score (nSPS) is 11.4. The Balaban J connectivity index is 2.09. The molecule has 0 aliphatic rings. The van der Waals surface area contributed by atoms with Crippen LogP contribution in [0.5, 0.6) is 0 Å². The molecule has 0 aliphatic heterocycles. The summed E-state index contributed by atoms with van der Waals surface area (Å²) < 4.78 is 49.1. The van der Waals surface area contributed by atoms with E-state index in [1.807, 2.05) is 6.26 Å². The molecule has 4 N–H and O–H groups in total. The van der Waals surface area contributed by atoms with E-state index >= 15 is 0 Å². The number of nitrogens with one attached hydrogen (secondary N) is 2. The standard InChI is InChI=1S/C17H16F3N5OS/c1-9-6-12(22-16-23-15(21)24-26-16)8-13(17(18,19)20)14(9)10-4-3-5-11(7-10)25-27-2/h3-8,25H,1-2H3,(H3,21,22,23,24). The van der Waals surface area contributed by atoms with Crippen molar-refractivity contribution in [3.63, 3.8) is 0 Å². The fourth-order valence-electron chi connectivity index (χ4n) is 2.73. The molecule has 3 rings (SSSR count). The highest BCUT2D eigenvalue weighted by Crippen LogP contribution is 2.41. The topological polar surface area (TPSA) is 89.0 Å². The van der Waals surface area contributed by atoms with Gasteiger partial charge in [-0.25, -0.2) is 0 Å². The van der Waals surface area contributed by atoms with Gasteiger partial charge in [0.1, 0.15) is 0 Å². The zero-order valence-electron chi connectivity index (χ0n) is 14.4. The van der Waals surface area contributed by atoms with Gasteiger partial charge < -0.3 is 20.3 Å². The molecule has 1 heterocycles. The Hall–Kier alpha value is -2.88. The molecule has 0 saturated carbocycles. The summed E-state index contributed by atoms with van der Waals surface area (Å²) in [5, 5.41) is 6.05. The lowest BCUT2D eigenvalue weighted by molar-refractivity contribution is -0.137. The number of nitrogens with two attached hydrogens (primary N) is 1. The molecular weight excluding hydrogens is 379 g/mol. The number of hydrogen-bond donors (Lipinski definition) is 3. The lowest BCUT2D eigenvalue weighted by atomic mass is 9.93. The molecule has 2 aromatic carbocycles. The van der Waals surface area contributed by atoms with Gasteiger partial charge in [0.2, 0.25) is 0 Å². The van der Waals surface area contributed by atoms with E-state index in [9.17, 15) is 13.2 Å². The van der Waals surface area contributed by atoms with Crippen LogP contribution in [0.15, 0.2) is 40.9 Å². The van der Waals surface area contributed by atoms with Gasteiger partial charge in [0.25, 0.3) is 5.95 Å². The molecule has 6 nitrogen and oxygen atoms in total. The summed E-state index contributed by atoms with van der Waals surface area (Å²) in [6.45, 7) is 1.62. The van der Waals surface area contributed by atoms with Crippen LogP contribution in [-0.4, -0.2) is 16.4 Å². The number of alkyl halides is 3. The number of aryl methyl sites for hydroxylation is 1. The van der Waals surface area contributed by atoms with E-state index in [4.69, 9.17) is 10.3 Å². The third-order valence-electron chi connectivity index (χ3n) is 3.71. The van der Waals surface area contributed by atoms with Crippen molar-refractivity contribution in [2.24, 2.45) is 0 Å². The quantitative estimate of drug-likeness (QED) is 0.519. The van der Waals surface area contributed by atoms with Crippen LogP contribution < -0.4 is 15.8 Å². The number of hydrogen-bond acceptors (Lipinski definition) is 7. The summed E-state index contributed by atoms with van der Waals surface area (Å²) >= 11 is 1.36. The maximum atomic E-state index is 13.8. The Kier molecular flexibility index (Phi) is 5.17. The van der Waals surface area contributed by atoms with Crippen molar-refractivity contribution in [1.82, 2.24) is 10.1 Å². The Morgan fingerprint density at radius 1 is 1.15 bits per heavy atom. The monoisotopic (exact) mass is 395 g/mol. The van der Waals surface area contributed by atoms with Crippen LogP contribution in [0.3, 0.4) is 0 Å². The van der Waals surface area contributed by atoms with Crippen molar-refractivity contribution < 1.29 is 17.7 Å². The van der Waals surface area contributed by atoms with E-state index in [0.717, 1.165) is 11.8 Å². The fraction of sp³-hybridized carbons (Fsp3) is 0.176.